The number of benzene rings is 2. The monoisotopic (exact) mass is 552 g/mol. The molecule has 3 N–H and O–H groups in total. The summed E-state index contributed by atoms with van der Waals surface area (Å²) < 4.78 is 14.0. The van der Waals surface area contributed by atoms with E-state index in [0.717, 1.165) is 5.56 Å². The molecule has 0 fully saturated rings. The fourth-order valence-electron chi connectivity index (χ4n) is 3.57. The molecule has 2 heterocycles. The van der Waals surface area contributed by atoms with Crippen molar-refractivity contribution in [1.29, 1.82) is 0 Å². The van der Waals surface area contributed by atoms with Crippen LogP contribution in [0, 0.1) is 0 Å². The molecular weight excluding hydrogens is 535 g/mol. The predicted molar refractivity (Wildman–Crippen MR) is 128 cm³/mol. The van der Waals surface area contributed by atoms with Gasteiger partial charge < -0.3 is 20.5 Å². The largest absolute Gasteiger partial charge is 0.490 e. The fourth-order valence-corrected chi connectivity index (χ4v) is 4.47. The van der Waals surface area contributed by atoms with Gasteiger partial charge in [0.2, 0.25) is 11.9 Å². The summed E-state index contributed by atoms with van der Waals surface area (Å²) in [5.74, 6) is 0.798. The summed E-state index contributed by atoms with van der Waals surface area (Å²) in [6, 6.07) is 8.25. The predicted octanol–water partition coefficient (Wildman–Crippen LogP) is 4.49. The van der Waals surface area contributed by atoms with E-state index in [-0.39, 0.29) is 6.61 Å². The van der Waals surface area contributed by atoms with Gasteiger partial charge in [0.05, 0.1) is 26.7 Å². The number of anilines is 1. The van der Waals surface area contributed by atoms with Crippen molar-refractivity contribution < 1.29 is 14.3 Å². The maximum Gasteiger partial charge on any atom is 0.248 e. The van der Waals surface area contributed by atoms with Crippen LogP contribution in [0.4, 0.5) is 5.95 Å². The summed E-state index contributed by atoms with van der Waals surface area (Å²) in [5.41, 5.74) is 8.15. The van der Waals surface area contributed by atoms with Crippen molar-refractivity contribution >= 4 is 51.0 Å². The molecule has 4 rings (SSSR count). The van der Waals surface area contributed by atoms with Crippen molar-refractivity contribution in [3.8, 4) is 11.5 Å². The highest BCUT2D eigenvalue weighted by molar-refractivity contribution is 9.10. The first-order valence-corrected chi connectivity index (χ1v) is 11.4. The van der Waals surface area contributed by atoms with Gasteiger partial charge in [-0.2, -0.15) is 4.68 Å². The highest BCUT2D eigenvalue weighted by Gasteiger charge is 2.34. The summed E-state index contributed by atoms with van der Waals surface area (Å²) in [6.07, 6.45) is 0. The molecule has 9 nitrogen and oxygen atoms in total. The number of tetrazole rings is 1. The summed E-state index contributed by atoms with van der Waals surface area (Å²) in [5, 5.41) is 15.6. The molecule has 0 bridgehead atoms. The number of fused-ring (bicyclic) bond motifs is 1. The molecular formula is C21H19BrCl2N6O3. The zero-order chi connectivity index (χ0) is 23.7. The molecule has 1 amide bonds. The molecule has 0 aliphatic carbocycles. The highest BCUT2D eigenvalue weighted by atomic mass is 79.9. The third-order valence-electron chi connectivity index (χ3n) is 4.99. The third-order valence-corrected chi connectivity index (χ3v) is 6.32. The van der Waals surface area contributed by atoms with Gasteiger partial charge in [-0.15, -0.1) is 0 Å². The quantitative estimate of drug-likeness (QED) is 0.442. The summed E-state index contributed by atoms with van der Waals surface area (Å²) >= 11 is 15.7. The van der Waals surface area contributed by atoms with Crippen molar-refractivity contribution in [2.75, 3.05) is 11.9 Å². The molecule has 1 atom stereocenters. The number of carbonyl (C=O) groups is 1. The van der Waals surface area contributed by atoms with Crippen molar-refractivity contribution in [2.45, 2.75) is 26.5 Å². The maximum atomic E-state index is 12.3. The van der Waals surface area contributed by atoms with Crippen LogP contribution in [0.5, 0.6) is 11.5 Å². The zero-order valence-corrected chi connectivity index (χ0v) is 20.7. The molecule has 12 heteroatoms. The minimum Gasteiger partial charge on any atom is -0.490 e. The Hall–Kier alpha value is -2.82. The highest BCUT2D eigenvalue weighted by Crippen LogP contribution is 2.42. The maximum absolute atomic E-state index is 12.3. The Balaban J connectivity index is 1.74. The third kappa shape index (κ3) is 4.64. The Morgan fingerprint density at radius 2 is 2.03 bits per heavy atom. The first-order chi connectivity index (χ1) is 15.8. The van der Waals surface area contributed by atoms with E-state index < -0.39 is 11.9 Å². The van der Waals surface area contributed by atoms with E-state index in [2.05, 4.69) is 36.8 Å². The van der Waals surface area contributed by atoms with Gasteiger partial charge in [-0.1, -0.05) is 34.4 Å². The lowest BCUT2D eigenvalue weighted by atomic mass is 9.95. The number of hydrogen-bond acceptors (Lipinski definition) is 7. The fraction of sp³-hybridized carbons (Fsp3) is 0.238. The van der Waals surface area contributed by atoms with Crippen molar-refractivity contribution in [1.82, 2.24) is 20.2 Å². The number of carbonyl (C=O) groups excluding carboxylic acids is 1. The molecule has 1 aromatic heterocycles. The summed E-state index contributed by atoms with van der Waals surface area (Å²) in [7, 11) is 0. The number of ether oxygens (including phenoxy) is 2. The lowest BCUT2D eigenvalue weighted by Gasteiger charge is -2.27. The number of allylic oxidation sites excluding steroid dienone is 1. The molecule has 0 saturated heterocycles. The first kappa shape index (κ1) is 23.3. The topological polar surface area (TPSA) is 117 Å². The van der Waals surface area contributed by atoms with Gasteiger partial charge in [0.1, 0.15) is 12.6 Å². The van der Waals surface area contributed by atoms with Gasteiger partial charge in [0, 0.05) is 5.70 Å². The molecule has 33 heavy (non-hydrogen) atoms. The lowest BCUT2D eigenvalue weighted by molar-refractivity contribution is -0.115. The van der Waals surface area contributed by atoms with Crippen LogP contribution < -0.4 is 20.5 Å². The first-order valence-electron chi connectivity index (χ1n) is 9.88. The smallest absolute Gasteiger partial charge is 0.248 e. The molecule has 0 spiro atoms. The number of nitrogens with one attached hydrogen (secondary N) is 1. The number of rotatable bonds is 7. The van der Waals surface area contributed by atoms with Crippen molar-refractivity contribution in [3.05, 3.63) is 67.2 Å². The van der Waals surface area contributed by atoms with Gasteiger partial charge in [-0.25, -0.2) is 0 Å². The second kappa shape index (κ2) is 9.58. The Bertz CT molecular complexity index is 1260. The van der Waals surface area contributed by atoms with Gasteiger partial charge in [-0.05, 0) is 75.6 Å². The van der Waals surface area contributed by atoms with E-state index in [4.69, 9.17) is 38.4 Å². The number of amides is 1. The van der Waals surface area contributed by atoms with E-state index in [1.165, 1.54) is 4.68 Å². The number of primary amides is 1. The van der Waals surface area contributed by atoms with Crippen LogP contribution in [0.25, 0.3) is 0 Å². The normalized spacial score (nSPS) is 15.1. The van der Waals surface area contributed by atoms with Crippen molar-refractivity contribution in [3.63, 3.8) is 0 Å². The molecule has 3 aromatic rings. The zero-order valence-electron chi connectivity index (χ0n) is 17.6. The second-order valence-electron chi connectivity index (χ2n) is 7.18. The lowest BCUT2D eigenvalue weighted by Crippen LogP contribution is -2.32. The molecule has 1 aliphatic heterocycles. The van der Waals surface area contributed by atoms with Crippen LogP contribution >= 0.6 is 39.1 Å². The molecule has 1 aliphatic rings. The second-order valence-corrected chi connectivity index (χ2v) is 8.85. The number of halogens is 3. The van der Waals surface area contributed by atoms with Gasteiger partial charge in [0.25, 0.3) is 0 Å². The Labute approximate surface area is 208 Å². The van der Waals surface area contributed by atoms with Crippen LogP contribution in [0.15, 0.2) is 46.1 Å². The van der Waals surface area contributed by atoms with E-state index in [9.17, 15) is 4.79 Å². The van der Waals surface area contributed by atoms with Crippen LogP contribution in [0.1, 0.15) is 31.0 Å². The van der Waals surface area contributed by atoms with Gasteiger partial charge in [0.15, 0.2) is 11.5 Å². The molecule has 172 valence electrons. The number of aromatic nitrogens is 4. The Kier molecular flexibility index (Phi) is 6.78. The molecule has 0 radical (unpaired) electrons. The average Bonchev–Trinajstić information content (AvgIpc) is 3.22. The van der Waals surface area contributed by atoms with Crippen molar-refractivity contribution in [2.24, 2.45) is 5.73 Å². The van der Waals surface area contributed by atoms with Crippen LogP contribution in [0.3, 0.4) is 0 Å². The van der Waals surface area contributed by atoms with E-state index in [0.29, 0.717) is 55.4 Å². The Morgan fingerprint density at radius 1 is 1.24 bits per heavy atom. The van der Waals surface area contributed by atoms with E-state index in [1.807, 2.05) is 19.1 Å². The standard InChI is InChI=1S/C21H19BrCl2N6O3/c1-3-32-16-8-12(18-17(20(25)31)10(2)26-21-27-28-29-30(18)21)7-13(22)19(16)33-9-11-4-5-14(23)15(24)6-11/h4-8,18H,3,9H2,1-2H3,(H2,25,31)(H,26,27,29). The molecule has 2 aromatic carbocycles. The number of nitrogens with two attached hydrogens (primary N) is 1. The van der Waals surface area contributed by atoms with Crippen LogP contribution in [-0.4, -0.2) is 32.7 Å². The van der Waals surface area contributed by atoms with E-state index >= 15 is 0 Å². The summed E-state index contributed by atoms with van der Waals surface area (Å²) in [4.78, 5) is 12.3. The summed E-state index contributed by atoms with van der Waals surface area (Å²) in [6.45, 7) is 4.26. The molecule has 1 unspecified atom stereocenters. The number of hydrogen-bond donors (Lipinski definition) is 2. The van der Waals surface area contributed by atoms with E-state index in [1.54, 1.807) is 25.1 Å². The van der Waals surface area contributed by atoms with Gasteiger partial charge in [-0.3, -0.25) is 4.79 Å². The minimum absolute atomic E-state index is 0.241. The minimum atomic E-state index is -0.645. The molecule has 0 saturated carbocycles. The van der Waals surface area contributed by atoms with Gasteiger partial charge >= 0.3 is 0 Å². The SMILES string of the molecule is CCOc1cc(C2C(C(N)=O)=C(C)Nc3nnnn32)cc(Br)c1OCc1ccc(Cl)c(Cl)c1. The Morgan fingerprint density at radius 3 is 2.73 bits per heavy atom. The average molecular weight is 554 g/mol. The van der Waals surface area contributed by atoms with Crippen LogP contribution in [0.2, 0.25) is 10.0 Å². The van der Waals surface area contributed by atoms with Crippen LogP contribution in [-0.2, 0) is 11.4 Å². The number of nitrogens with zero attached hydrogens (tertiary/aromatic N) is 4.